The van der Waals surface area contributed by atoms with E-state index in [0.717, 1.165) is 25.2 Å². The number of nitrogens with zero attached hydrogens (tertiary/aromatic N) is 4. The summed E-state index contributed by atoms with van der Waals surface area (Å²) in [5.74, 6) is 0.519. The molecule has 0 spiro atoms. The molecule has 3 heterocycles. The Bertz CT molecular complexity index is 639. The maximum Gasteiger partial charge on any atom is 0.222 e. The van der Waals surface area contributed by atoms with Crippen molar-refractivity contribution in [2.75, 3.05) is 18.4 Å². The van der Waals surface area contributed by atoms with Crippen LogP contribution in [0, 0.1) is 0 Å². The van der Waals surface area contributed by atoms with E-state index in [9.17, 15) is 4.79 Å². The third kappa shape index (κ3) is 3.17. The number of rotatable bonds is 4. The van der Waals surface area contributed by atoms with Crippen molar-refractivity contribution in [1.29, 1.82) is 0 Å². The smallest absolute Gasteiger partial charge is 0.222 e. The summed E-state index contributed by atoms with van der Waals surface area (Å²) in [6.45, 7) is 5.65. The van der Waals surface area contributed by atoms with Crippen LogP contribution in [-0.4, -0.2) is 38.7 Å². The van der Waals surface area contributed by atoms with Gasteiger partial charge in [0.25, 0.3) is 0 Å². The molecular formula is C16H21N5O. The van der Waals surface area contributed by atoms with Crippen LogP contribution in [0.3, 0.4) is 0 Å². The van der Waals surface area contributed by atoms with Gasteiger partial charge in [0.2, 0.25) is 5.91 Å². The van der Waals surface area contributed by atoms with Crippen LogP contribution < -0.4 is 5.32 Å². The number of likely N-dealkylation sites (tertiary alicyclic amines) is 1. The Hall–Kier alpha value is -2.21. The standard InChI is InChI=1S/C16H21N5O/c1-12(15-5-3-4-8-17-15)20-9-6-14(11-20)21-10-7-16(19-21)18-13(2)22/h3-5,7-8,10,12,14H,6,9,11H2,1-2H3,(H,18,19,22)/t12-,14-/m0/s1. The van der Waals surface area contributed by atoms with Crippen LogP contribution in [0.1, 0.15) is 38.0 Å². The third-order valence-corrected chi connectivity index (χ3v) is 4.14. The molecule has 22 heavy (non-hydrogen) atoms. The van der Waals surface area contributed by atoms with Gasteiger partial charge in [-0.3, -0.25) is 19.4 Å². The van der Waals surface area contributed by atoms with Crippen molar-refractivity contribution in [3.05, 3.63) is 42.4 Å². The Kier molecular flexibility index (Phi) is 4.20. The van der Waals surface area contributed by atoms with Gasteiger partial charge in [-0.05, 0) is 25.5 Å². The molecule has 1 N–H and O–H groups in total. The fraction of sp³-hybridized carbons (Fsp3) is 0.438. The van der Waals surface area contributed by atoms with E-state index in [0.29, 0.717) is 17.9 Å². The normalized spacial score (nSPS) is 20.0. The molecule has 116 valence electrons. The first-order chi connectivity index (χ1) is 10.6. The molecule has 6 nitrogen and oxygen atoms in total. The Morgan fingerprint density at radius 2 is 2.27 bits per heavy atom. The van der Waals surface area contributed by atoms with E-state index in [1.807, 2.05) is 35.3 Å². The summed E-state index contributed by atoms with van der Waals surface area (Å²) < 4.78 is 1.95. The molecule has 1 aliphatic rings. The van der Waals surface area contributed by atoms with Gasteiger partial charge in [0.15, 0.2) is 5.82 Å². The molecule has 3 rings (SSSR count). The van der Waals surface area contributed by atoms with E-state index in [2.05, 4.69) is 33.3 Å². The van der Waals surface area contributed by atoms with Crippen molar-refractivity contribution in [3.8, 4) is 0 Å². The van der Waals surface area contributed by atoms with Crippen molar-refractivity contribution < 1.29 is 4.79 Å². The van der Waals surface area contributed by atoms with Crippen LogP contribution >= 0.6 is 0 Å². The lowest BCUT2D eigenvalue weighted by atomic mass is 10.2. The number of hydrogen-bond donors (Lipinski definition) is 1. The van der Waals surface area contributed by atoms with Gasteiger partial charge in [0, 0.05) is 44.5 Å². The molecule has 0 unspecified atom stereocenters. The van der Waals surface area contributed by atoms with Crippen LogP contribution in [0.25, 0.3) is 0 Å². The van der Waals surface area contributed by atoms with Crippen LogP contribution in [0.5, 0.6) is 0 Å². The van der Waals surface area contributed by atoms with Crippen molar-refractivity contribution in [2.45, 2.75) is 32.4 Å². The van der Waals surface area contributed by atoms with Gasteiger partial charge in [-0.15, -0.1) is 0 Å². The highest BCUT2D eigenvalue weighted by molar-refractivity contribution is 5.87. The molecule has 2 aromatic rings. The van der Waals surface area contributed by atoms with Gasteiger partial charge in [-0.25, -0.2) is 0 Å². The number of anilines is 1. The summed E-state index contributed by atoms with van der Waals surface area (Å²) in [7, 11) is 0. The monoisotopic (exact) mass is 299 g/mol. The molecular weight excluding hydrogens is 278 g/mol. The lowest BCUT2D eigenvalue weighted by Crippen LogP contribution is -2.26. The number of carbonyl (C=O) groups is 1. The maximum absolute atomic E-state index is 11.1. The summed E-state index contributed by atoms with van der Waals surface area (Å²) in [6, 6.07) is 8.52. The lowest BCUT2D eigenvalue weighted by molar-refractivity contribution is -0.114. The summed E-state index contributed by atoms with van der Waals surface area (Å²) in [6.07, 6.45) is 4.83. The lowest BCUT2D eigenvalue weighted by Gasteiger charge is -2.23. The largest absolute Gasteiger partial charge is 0.309 e. The molecule has 1 saturated heterocycles. The topological polar surface area (TPSA) is 63.1 Å². The van der Waals surface area contributed by atoms with E-state index in [-0.39, 0.29) is 5.91 Å². The summed E-state index contributed by atoms with van der Waals surface area (Å²) in [5, 5.41) is 7.16. The van der Waals surface area contributed by atoms with E-state index in [1.165, 1.54) is 6.92 Å². The summed E-state index contributed by atoms with van der Waals surface area (Å²) >= 11 is 0. The Morgan fingerprint density at radius 1 is 1.41 bits per heavy atom. The van der Waals surface area contributed by atoms with Crippen LogP contribution in [0.2, 0.25) is 0 Å². The van der Waals surface area contributed by atoms with Crippen molar-refractivity contribution in [1.82, 2.24) is 19.7 Å². The van der Waals surface area contributed by atoms with Crippen LogP contribution in [0.4, 0.5) is 5.82 Å². The molecule has 0 bridgehead atoms. The zero-order chi connectivity index (χ0) is 15.5. The average molecular weight is 299 g/mol. The fourth-order valence-electron chi connectivity index (χ4n) is 2.93. The minimum Gasteiger partial charge on any atom is -0.309 e. The van der Waals surface area contributed by atoms with Crippen molar-refractivity contribution in [3.63, 3.8) is 0 Å². The van der Waals surface area contributed by atoms with Gasteiger partial charge in [0.1, 0.15) is 0 Å². The number of carbonyl (C=O) groups excluding carboxylic acids is 1. The second kappa shape index (κ2) is 6.27. The molecule has 6 heteroatoms. The quantitative estimate of drug-likeness (QED) is 0.940. The Morgan fingerprint density at radius 3 is 3.00 bits per heavy atom. The summed E-state index contributed by atoms with van der Waals surface area (Å²) in [4.78, 5) is 17.9. The number of nitrogens with one attached hydrogen (secondary N) is 1. The van der Waals surface area contributed by atoms with Gasteiger partial charge < -0.3 is 5.32 Å². The SMILES string of the molecule is CC(=O)Nc1ccn([C@H]2CCN([C@@H](C)c3ccccn3)C2)n1. The predicted molar refractivity (Wildman–Crippen MR) is 84.4 cm³/mol. The molecule has 0 aliphatic carbocycles. The molecule has 2 aromatic heterocycles. The van der Waals surface area contributed by atoms with Gasteiger partial charge in [-0.2, -0.15) is 5.10 Å². The Labute approximate surface area is 130 Å². The highest BCUT2D eigenvalue weighted by Crippen LogP contribution is 2.28. The molecule has 1 aliphatic heterocycles. The second-order valence-corrected chi connectivity index (χ2v) is 5.73. The van der Waals surface area contributed by atoms with Crippen LogP contribution in [-0.2, 0) is 4.79 Å². The number of pyridine rings is 1. The highest BCUT2D eigenvalue weighted by Gasteiger charge is 2.28. The zero-order valence-corrected chi connectivity index (χ0v) is 12.9. The van der Waals surface area contributed by atoms with Crippen LogP contribution in [0.15, 0.2) is 36.7 Å². The molecule has 1 fully saturated rings. The molecule has 1 amide bonds. The second-order valence-electron chi connectivity index (χ2n) is 5.73. The zero-order valence-electron chi connectivity index (χ0n) is 12.9. The van der Waals surface area contributed by atoms with Crippen molar-refractivity contribution in [2.24, 2.45) is 0 Å². The van der Waals surface area contributed by atoms with E-state index in [1.54, 1.807) is 0 Å². The predicted octanol–water partition coefficient (Wildman–Crippen LogP) is 2.24. The summed E-state index contributed by atoms with van der Waals surface area (Å²) in [5.41, 5.74) is 1.10. The first kappa shape index (κ1) is 14.7. The highest BCUT2D eigenvalue weighted by atomic mass is 16.1. The first-order valence-electron chi connectivity index (χ1n) is 7.61. The molecule has 2 atom stereocenters. The first-order valence-corrected chi connectivity index (χ1v) is 7.61. The van der Waals surface area contributed by atoms with Crippen molar-refractivity contribution >= 4 is 11.7 Å². The molecule has 0 aromatic carbocycles. The molecule has 0 saturated carbocycles. The number of aromatic nitrogens is 3. The maximum atomic E-state index is 11.1. The van der Waals surface area contributed by atoms with Gasteiger partial charge >= 0.3 is 0 Å². The minimum absolute atomic E-state index is 0.0953. The molecule has 0 radical (unpaired) electrons. The van der Waals surface area contributed by atoms with E-state index in [4.69, 9.17) is 0 Å². The van der Waals surface area contributed by atoms with E-state index >= 15 is 0 Å². The number of hydrogen-bond acceptors (Lipinski definition) is 4. The number of amides is 1. The van der Waals surface area contributed by atoms with Gasteiger partial charge in [-0.1, -0.05) is 6.07 Å². The fourth-order valence-corrected chi connectivity index (χ4v) is 2.93. The average Bonchev–Trinajstić information content (AvgIpc) is 3.15. The third-order valence-electron chi connectivity index (χ3n) is 4.14. The Balaban J connectivity index is 1.64. The minimum atomic E-state index is -0.0953. The van der Waals surface area contributed by atoms with Gasteiger partial charge in [0.05, 0.1) is 11.7 Å². The van der Waals surface area contributed by atoms with E-state index < -0.39 is 0 Å².